The lowest BCUT2D eigenvalue weighted by Crippen LogP contribution is -2.49. The molecule has 1 heterocycles. The summed E-state index contributed by atoms with van der Waals surface area (Å²) in [7, 11) is 0. The van der Waals surface area contributed by atoms with Crippen molar-refractivity contribution in [3.63, 3.8) is 0 Å². The number of nitrogens with zero attached hydrogens (tertiary/aromatic N) is 1. The highest BCUT2D eigenvalue weighted by Gasteiger charge is 2.34. The van der Waals surface area contributed by atoms with Gasteiger partial charge in [-0.3, -0.25) is 4.90 Å². The van der Waals surface area contributed by atoms with Crippen LogP contribution in [-0.4, -0.2) is 42.8 Å². The molecule has 0 radical (unpaired) electrons. The van der Waals surface area contributed by atoms with Crippen LogP contribution in [0.5, 0.6) is 0 Å². The molecule has 1 rings (SSSR count). The van der Waals surface area contributed by atoms with Crippen LogP contribution in [0.25, 0.3) is 0 Å². The van der Waals surface area contributed by atoms with Gasteiger partial charge in [-0.25, -0.2) is 9.59 Å². The largest absolute Gasteiger partial charge is 0.464 e. The third-order valence-corrected chi connectivity index (χ3v) is 3.53. The number of piperidine rings is 1. The van der Waals surface area contributed by atoms with Crippen LogP contribution in [0.4, 0.5) is 4.79 Å². The lowest BCUT2D eigenvalue weighted by Gasteiger charge is -2.32. The molecule has 5 heteroatoms. The quantitative estimate of drug-likeness (QED) is 0.412. The molecule has 0 aromatic carbocycles. The summed E-state index contributed by atoms with van der Waals surface area (Å²) in [6.07, 6.45) is 11.2. The zero-order valence-electron chi connectivity index (χ0n) is 12.8. The monoisotopic (exact) mass is 295 g/mol. The van der Waals surface area contributed by atoms with Crippen LogP contribution in [0, 0.1) is 12.3 Å². The number of hydrogen-bond donors (Lipinski definition) is 0. The Balaban J connectivity index is 2.42. The van der Waals surface area contributed by atoms with Crippen LogP contribution in [0.15, 0.2) is 0 Å². The minimum Gasteiger partial charge on any atom is -0.464 e. The first-order valence-corrected chi connectivity index (χ1v) is 7.74. The van der Waals surface area contributed by atoms with Crippen molar-refractivity contribution in [2.45, 2.75) is 57.9 Å². The van der Waals surface area contributed by atoms with E-state index in [-0.39, 0.29) is 12.6 Å². The van der Waals surface area contributed by atoms with Gasteiger partial charge in [-0.15, -0.1) is 6.42 Å². The Bertz CT molecular complexity index is 375. The minimum absolute atomic E-state index is 0.0753. The molecule has 0 aliphatic carbocycles. The van der Waals surface area contributed by atoms with E-state index in [1.54, 1.807) is 0 Å². The van der Waals surface area contributed by atoms with Crippen molar-refractivity contribution in [2.75, 3.05) is 19.8 Å². The predicted molar refractivity (Wildman–Crippen MR) is 79.6 cm³/mol. The number of carbonyl (C=O) groups excluding carboxylic acids is 2. The van der Waals surface area contributed by atoms with Gasteiger partial charge in [0.25, 0.3) is 0 Å². The van der Waals surface area contributed by atoms with Crippen molar-refractivity contribution < 1.29 is 19.1 Å². The molecule has 0 N–H and O–H groups in total. The average molecular weight is 295 g/mol. The Kier molecular flexibility index (Phi) is 8.34. The maximum Gasteiger partial charge on any atom is 0.411 e. The molecule has 0 saturated carbocycles. The predicted octanol–water partition coefficient (Wildman–Crippen LogP) is 2.73. The van der Waals surface area contributed by atoms with E-state index in [9.17, 15) is 9.59 Å². The average Bonchev–Trinajstić information content (AvgIpc) is 2.52. The Morgan fingerprint density at radius 2 is 2.05 bits per heavy atom. The molecule has 0 spiro atoms. The van der Waals surface area contributed by atoms with Gasteiger partial charge in [0.05, 0.1) is 6.61 Å². The minimum atomic E-state index is -0.532. The molecule has 0 bridgehead atoms. The molecular weight excluding hydrogens is 270 g/mol. The Labute approximate surface area is 127 Å². The number of amides is 1. The summed E-state index contributed by atoms with van der Waals surface area (Å²) in [5.74, 6) is 1.92. The number of rotatable bonds is 7. The molecule has 1 amide bonds. The number of likely N-dealkylation sites (tertiary alicyclic amines) is 1. The van der Waals surface area contributed by atoms with Crippen LogP contribution in [0.1, 0.15) is 51.9 Å². The summed E-state index contributed by atoms with van der Waals surface area (Å²) < 4.78 is 10.2. The Morgan fingerprint density at radius 1 is 1.24 bits per heavy atom. The van der Waals surface area contributed by atoms with Crippen molar-refractivity contribution in [1.82, 2.24) is 4.90 Å². The van der Waals surface area contributed by atoms with Crippen LogP contribution >= 0.6 is 0 Å². The molecule has 1 fully saturated rings. The van der Waals surface area contributed by atoms with Crippen molar-refractivity contribution in [2.24, 2.45) is 0 Å². The summed E-state index contributed by atoms with van der Waals surface area (Å²) in [6.45, 7) is 2.99. The smallest absolute Gasteiger partial charge is 0.411 e. The van der Waals surface area contributed by atoms with Gasteiger partial charge in [0, 0.05) is 6.54 Å². The summed E-state index contributed by atoms with van der Waals surface area (Å²) >= 11 is 0. The van der Waals surface area contributed by atoms with Crippen LogP contribution in [0.3, 0.4) is 0 Å². The molecule has 21 heavy (non-hydrogen) atoms. The van der Waals surface area contributed by atoms with Crippen LogP contribution in [-0.2, 0) is 14.3 Å². The molecule has 1 aliphatic rings. The van der Waals surface area contributed by atoms with Crippen molar-refractivity contribution >= 4 is 12.1 Å². The first kappa shape index (κ1) is 17.4. The second-order valence-electron chi connectivity index (χ2n) is 5.19. The molecule has 1 saturated heterocycles. The fourth-order valence-corrected chi connectivity index (χ4v) is 2.38. The zero-order chi connectivity index (χ0) is 15.5. The molecular formula is C16H25NO4. The second kappa shape index (κ2) is 10.1. The molecule has 5 nitrogen and oxygen atoms in total. The Hall–Kier alpha value is -1.70. The van der Waals surface area contributed by atoms with Crippen LogP contribution < -0.4 is 0 Å². The van der Waals surface area contributed by atoms with Gasteiger partial charge in [0.1, 0.15) is 6.04 Å². The van der Waals surface area contributed by atoms with Crippen molar-refractivity contribution in [3.8, 4) is 12.3 Å². The van der Waals surface area contributed by atoms with Gasteiger partial charge >= 0.3 is 12.1 Å². The first-order chi connectivity index (χ1) is 10.2. The lowest BCUT2D eigenvalue weighted by atomic mass is 10.0. The van der Waals surface area contributed by atoms with Gasteiger partial charge in [-0.1, -0.05) is 32.1 Å². The van der Waals surface area contributed by atoms with E-state index < -0.39 is 12.1 Å². The second-order valence-corrected chi connectivity index (χ2v) is 5.19. The highest BCUT2D eigenvalue weighted by atomic mass is 16.6. The number of ether oxygens (including phenoxy) is 2. The van der Waals surface area contributed by atoms with E-state index in [1.165, 1.54) is 4.90 Å². The van der Waals surface area contributed by atoms with Crippen LogP contribution in [0.2, 0.25) is 0 Å². The van der Waals surface area contributed by atoms with Gasteiger partial charge in [-0.05, 0) is 25.7 Å². The summed E-state index contributed by atoms with van der Waals surface area (Å²) in [5.41, 5.74) is 0. The van der Waals surface area contributed by atoms with E-state index in [2.05, 4.69) is 12.8 Å². The van der Waals surface area contributed by atoms with E-state index in [0.717, 1.165) is 38.5 Å². The fraction of sp³-hybridized carbons (Fsp3) is 0.750. The fourth-order valence-electron chi connectivity index (χ4n) is 2.38. The normalized spacial score (nSPS) is 17.9. The van der Waals surface area contributed by atoms with E-state index >= 15 is 0 Å². The summed E-state index contributed by atoms with van der Waals surface area (Å²) in [6, 6.07) is -0.532. The summed E-state index contributed by atoms with van der Waals surface area (Å²) in [4.78, 5) is 25.4. The molecule has 1 unspecified atom stereocenters. The third-order valence-electron chi connectivity index (χ3n) is 3.53. The zero-order valence-corrected chi connectivity index (χ0v) is 12.8. The molecule has 0 aromatic heterocycles. The number of hydrogen-bond acceptors (Lipinski definition) is 4. The Morgan fingerprint density at radius 3 is 2.76 bits per heavy atom. The van der Waals surface area contributed by atoms with Gasteiger partial charge in [-0.2, -0.15) is 0 Å². The SMILES string of the molecule is C#CCOC(=O)N1CCCCC1C(=O)OCCCCCC. The number of carbonyl (C=O) groups is 2. The molecule has 118 valence electrons. The highest BCUT2D eigenvalue weighted by Crippen LogP contribution is 2.19. The number of esters is 1. The maximum absolute atomic E-state index is 12.1. The topological polar surface area (TPSA) is 55.8 Å². The number of unbranched alkanes of at least 4 members (excludes halogenated alkanes) is 3. The number of terminal acetylenes is 1. The lowest BCUT2D eigenvalue weighted by molar-refractivity contribution is -0.150. The van der Waals surface area contributed by atoms with E-state index in [4.69, 9.17) is 15.9 Å². The van der Waals surface area contributed by atoms with Crippen molar-refractivity contribution in [1.29, 1.82) is 0 Å². The summed E-state index contributed by atoms with van der Waals surface area (Å²) in [5, 5.41) is 0. The molecule has 1 aliphatic heterocycles. The highest BCUT2D eigenvalue weighted by molar-refractivity contribution is 5.81. The van der Waals surface area contributed by atoms with Gasteiger partial charge < -0.3 is 9.47 Å². The first-order valence-electron chi connectivity index (χ1n) is 7.74. The third kappa shape index (κ3) is 6.07. The van der Waals surface area contributed by atoms with E-state index in [1.807, 2.05) is 0 Å². The standard InChI is InChI=1S/C16H25NO4/c1-3-5-6-9-13-20-15(18)14-10-7-8-11-17(14)16(19)21-12-4-2/h2,14H,3,5-13H2,1H3. The van der Waals surface area contributed by atoms with Gasteiger partial charge in [0.2, 0.25) is 0 Å². The van der Waals surface area contributed by atoms with Gasteiger partial charge in [0.15, 0.2) is 6.61 Å². The maximum atomic E-state index is 12.1. The van der Waals surface area contributed by atoms with Crippen molar-refractivity contribution in [3.05, 3.63) is 0 Å². The molecule has 1 atom stereocenters. The van der Waals surface area contributed by atoms with E-state index in [0.29, 0.717) is 19.6 Å². The molecule has 0 aromatic rings.